The molecule has 2 rings (SSSR count). The summed E-state index contributed by atoms with van der Waals surface area (Å²) in [5.41, 5.74) is 9.66. The number of rotatable bonds is 4. The highest BCUT2D eigenvalue weighted by molar-refractivity contribution is 5.82. The van der Waals surface area contributed by atoms with Gasteiger partial charge in [-0.3, -0.25) is 0 Å². The van der Waals surface area contributed by atoms with Crippen LogP contribution in [0.15, 0.2) is 24.3 Å². The number of hydrogen-bond donors (Lipinski definition) is 1. The van der Waals surface area contributed by atoms with Crippen molar-refractivity contribution in [2.24, 2.45) is 5.73 Å². The third-order valence-corrected chi connectivity index (χ3v) is 3.10. The lowest BCUT2D eigenvalue weighted by atomic mass is 10.2. The third kappa shape index (κ3) is 1.98. The molecule has 2 nitrogen and oxygen atoms in total. The molecule has 1 heterocycles. The predicted octanol–water partition coefficient (Wildman–Crippen LogP) is 2.86. The molecule has 2 aromatic rings. The van der Waals surface area contributed by atoms with Crippen LogP contribution in [0.3, 0.4) is 0 Å². The molecule has 1 aromatic heterocycles. The zero-order valence-corrected chi connectivity index (χ0v) is 10.2. The van der Waals surface area contributed by atoms with E-state index in [4.69, 9.17) is 5.73 Å². The SMILES string of the molecule is CCn1c(CCCN)cc2cc(C)ccc21. The molecule has 0 fully saturated rings. The van der Waals surface area contributed by atoms with Crippen molar-refractivity contribution in [3.8, 4) is 0 Å². The smallest absolute Gasteiger partial charge is 0.0482 e. The van der Waals surface area contributed by atoms with Gasteiger partial charge in [0.1, 0.15) is 0 Å². The first kappa shape index (κ1) is 11.2. The number of aryl methyl sites for hydroxylation is 3. The molecule has 0 bridgehead atoms. The van der Waals surface area contributed by atoms with Crippen LogP contribution in [0.5, 0.6) is 0 Å². The molecule has 0 aliphatic heterocycles. The van der Waals surface area contributed by atoms with Crippen molar-refractivity contribution in [3.63, 3.8) is 0 Å². The van der Waals surface area contributed by atoms with Gasteiger partial charge in [0, 0.05) is 23.1 Å². The number of benzene rings is 1. The number of nitrogens with zero attached hydrogens (tertiary/aromatic N) is 1. The van der Waals surface area contributed by atoms with Gasteiger partial charge in [0.05, 0.1) is 0 Å². The molecule has 0 atom stereocenters. The maximum absolute atomic E-state index is 5.58. The van der Waals surface area contributed by atoms with E-state index in [2.05, 4.69) is 42.7 Å². The normalized spacial score (nSPS) is 11.2. The fourth-order valence-corrected chi connectivity index (χ4v) is 2.31. The summed E-state index contributed by atoms with van der Waals surface area (Å²) in [7, 11) is 0. The molecular weight excluding hydrogens is 196 g/mol. The van der Waals surface area contributed by atoms with Crippen LogP contribution in [0.1, 0.15) is 24.6 Å². The quantitative estimate of drug-likeness (QED) is 0.837. The first-order valence-electron chi connectivity index (χ1n) is 6.05. The van der Waals surface area contributed by atoms with Gasteiger partial charge < -0.3 is 10.3 Å². The molecule has 2 heteroatoms. The van der Waals surface area contributed by atoms with Gasteiger partial charge in [0.15, 0.2) is 0 Å². The van der Waals surface area contributed by atoms with Gasteiger partial charge in [-0.15, -0.1) is 0 Å². The number of fused-ring (bicyclic) bond motifs is 1. The summed E-state index contributed by atoms with van der Waals surface area (Å²) in [6.45, 7) is 6.14. The first-order chi connectivity index (χ1) is 7.76. The van der Waals surface area contributed by atoms with E-state index in [0.717, 1.165) is 25.9 Å². The Morgan fingerprint density at radius 1 is 1.25 bits per heavy atom. The Kier molecular flexibility index (Phi) is 3.30. The third-order valence-electron chi connectivity index (χ3n) is 3.10. The van der Waals surface area contributed by atoms with Gasteiger partial charge in [-0.05, 0) is 51.4 Å². The van der Waals surface area contributed by atoms with Gasteiger partial charge in [-0.1, -0.05) is 11.6 Å². The second kappa shape index (κ2) is 4.71. The fourth-order valence-electron chi connectivity index (χ4n) is 2.31. The molecule has 0 unspecified atom stereocenters. The van der Waals surface area contributed by atoms with Crippen molar-refractivity contribution in [2.75, 3.05) is 6.54 Å². The first-order valence-corrected chi connectivity index (χ1v) is 6.05. The molecule has 0 amide bonds. The summed E-state index contributed by atoms with van der Waals surface area (Å²) in [6, 6.07) is 8.97. The average molecular weight is 216 g/mol. The van der Waals surface area contributed by atoms with Crippen molar-refractivity contribution >= 4 is 10.9 Å². The molecule has 0 saturated carbocycles. The van der Waals surface area contributed by atoms with Crippen LogP contribution in [0.25, 0.3) is 10.9 Å². The Balaban J connectivity index is 2.48. The van der Waals surface area contributed by atoms with E-state index < -0.39 is 0 Å². The average Bonchev–Trinajstić information content (AvgIpc) is 2.62. The molecule has 0 aliphatic carbocycles. The largest absolute Gasteiger partial charge is 0.345 e. The summed E-state index contributed by atoms with van der Waals surface area (Å²) in [5.74, 6) is 0. The summed E-state index contributed by atoms with van der Waals surface area (Å²) in [4.78, 5) is 0. The van der Waals surface area contributed by atoms with E-state index in [0.29, 0.717) is 0 Å². The zero-order valence-electron chi connectivity index (χ0n) is 10.2. The van der Waals surface area contributed by atoms with Gasteiger partial charge in [-0.25, -0.2) is 0 Å². The standard InChI is InChI=1S/C14H20N2/c1-3-16-13(5-4-8-15)10-12-9-11(2)6-7-14(12)16/h6-7,9-10H,3-5,8,15H2,1-2H3. The summed E-state index contributed by atoms with van der Waals surface area (Å²) >= 11 is 0. The van der Waals surface area contributed by atoms with Gasteiger partial charge in [-0.2, -0.15) is 0 Å². The maximum atomic E-state index is 5.58. The van der Waals surface area contributed by atoms with E-state index in [1.54, 1.807) is 0 Å². The molecule has 0 radical (unpaired) electrons. The Morgan fingerprint density at radius 3 is 2.75 bits per heavy atom. The minimum Gasteiger partial charge on any atom is -0.345 e. The molecule has 0 spiro atoms. The topological polar surface area (TPSA) is 30.9 Å². The molecular formula is C14H20N2. The zero-order chi connectivity index (χ0) is 11.5. The van der Waals surface area contributed by atoms with E-state index in [1.807, 2.05) is 0 Å². The van der Waals surface area contributed by atoms with Gasteiger partial charge >= 0.3 is 0 Å². The Bertz CT molecular complexity index is 483. The molecule has 0 saturated heterocycles. The van der Waals surface area contributed by atoms with E-state index in [-0.39, 0.29) is 0 Å². The van der Waals surface area contributed by atoms with E-state index >= 15 is 0 Å². The molecule has 0 aliphatic rings. The van der Waals surface area contributed by atoms with Crippen molar-refractivity contribution < 1.29 is 0 Å². The minimum absolute atomic E-state index is 0.768. The van der Waals surface area contributed by atoms with Crippen molar-refractivity contribution in [3.05, 3.63) is 35.5 Å². The van der Waals surface area contributed by atoms with Crippen LogP contribution in [0.4, 0.5) is 0 Å². The van der Waals surface area contributed by atoms with Crippen LogP contribution < -0.4 is 5.73 Å². The second-order valence-corrected chi connectivity index (χ2v) is 4.33. The predicted molar refractivity (Wildman–Crippen MR) is 69.7 cm³/mol. The number of aromatic nitrogens is 1. The molecule has 1 aromatic carbocycles. The van der Waals surface area contributed by atoms with Crippen LogP contribution in [0, 0.1) is 6.92 Å². The van der Waals surface area contributed by atoms with Crippen molar-refractivity contribution in [1.82, 2.24) is 4.57 Å². The van der Waals surface area contributed by atoms with E-state index in [1.165, 1.54) is 22.2 Å². The Hall–Kier alpha value is -1.28. The summed E-state index contributed by atoms with van der Waals surface area (Å²) in [5, 5.41) is 1.36. The highest BCUT2D eigenvalue weighted by atomic mass is 15.0. The fraction of sp³-hybridized carbons (Fsp3) is 0.429. The highest BCUT2D eigenvalue weighted by Crippen LogP contribution is 2.22. The lowest BCUT2D eigenvalue weighted by molar-refractivity contribution is 0.707. The minimum atomic E-state index is 0.768. The number of hydrogen-bond acceptors (Lipinski definition) is 1. The van der Waals surface area contributed by atoms with Gasteiger partial charge in [0.25, 0.3) is 0 Å². The van der Waals surface area contributed by atoms with Crippen LogP contribution in [0.2, 0.25) is 0 Å². The van der Waals surface area contributed by atoms with Crippen LogP contribution in [-0.2, 0) is 13.0 Å². The van der Waals surface area contributed by atoms with Crippen molar-refractivity contribution in [2.45, 2.75) is 33.2 Å². The highest BCUT2D eigenvalue weighted by Gasteiger charge is 2.06. The van der Waals surface area contributed by atoms with Crippen molar-refractivity contribution in [1.29, 1.82) is 0 Å². The summed E-state index contributed by atoms with van der Waals surface area (Å²) in [6.07, 6.45) is 2.15. The lowest BCUT2D eigenvalue weighted by Crippen LogP contribution is -2.05. The second-order valence-electron chi connectivity index (χ2n) is 4.33. The van der Waals surface area contributed by atoms with Gasteiger partial charge in [0.2, 0.25) is 0 Å². The molecule has 86 valence electrons. The summed E-state index contributed by atoms with van der Waals surface area (Å²) < 4.78 is 2.39. The monoisotopic (exact) mass is 216 g/mol. The Labute approximate surface area is 97.1 Å². The van der Waals surface area contributed by atoms with Crippen LogP contribution in [-0.4, -0.2) is 11.1 Å². The Morgan fingerprint density at radius 2 is 2.06 bits per heavy atom. The molecule has 2 N–H and O–H groups in total. The van der Waals surface area contributed by atoms with E-state index in [9.17, 15) is 0 Å². The maximum Gasteiger partial charge on any atom is 0.0482 e. The lowest BCUT2D eigenvalue weighted by Gasteiger charge is -2.07. The van der Waals surface area contributed by atoms with Crippen LogP contribution >= 0.6 is 0 Å². The number of nitrogens with two attached hydrogens (primary N) is 1. The molecule has 16 heavy (non-hydrogen) atoms.